The van der Waals surface area contributed by atoms with Gasteiger partial charge in [-0.05, 0) is 18.2 Å². The lowest BCUT2D eigenvalue weighted by molar-refractivity contribution is -0.275. The van der Waals surface area contributed by atoms with E-state index in [1.165, 1.54) is 0 Å². The van der Waals surface area contributed by atoms with Gasteiger partial charge in [-0.3, -0.25) is 0 Å². The highest BCUT2D eigenvalue weighted by atomic mass is 19.4. The van der Waals surface area contributed by atoms with Crippen molar-refractivity contribution >= 4 is 11.7 Å². The number of carboxylic acids is 1. The first-order chi connectivity index (χ1) is 7.70. The van der Waals surface area contributed by atoms with E-state index in [1.807, 2.05) is 0 Å². The fourth-order valence-corrected chi connectivity index (χ4v) is 1.13. The van der Waals surface area contributed by atoms with Crippen molar-refractivity contribution in [2.75, 3.05) is 5.73 Å². The molecule has 0 aliphatic rings. The minimum atomic E-state index is -4.98. The van der Waals surface area contributed by atoms with Crippen LogP contribution in [0.15, 0.2) is 18.2 Å². The van der Waals surface area contributed by atoms with E-state index in [9.17, 15) is 23.1 Å². The summed E-state index contributed by atoms with van der Waals surface area (Å²) in [4.78, 5) is 10.5. The van der Waals surface area contributed by atoms with Crippen LogP contribution in [0.5, 0.6) is 5.75 Å². The number of carboxylic acid groups (broad SMARTS) is 1. The molecule has 0 saturated carbocycles. The van der Waals surface area contributed by atoms with Crippen molar-refractivity contribution in [3.8, 4) is 5.75 Å². The largest absolute Gasteiger partial charge is 0.573 e. The Morgan fingerprint density at radius 2 is 2.00 bits per heavy atom. The number of ether oxygens (including phenoxy) is 1. The van der Waals surface area contributed by atoms with Gasteiger partial charge in [-0.1, -0.05) is 0 Å². The molecule has 1 aromatic rings. The fourth-order valence-electron chi connectivity index (χ4n) is 1.13. The summed E-state index contributed by atoms with van der Waals surface area (Å²) in [6.07, 6.45) is -7.13. The lowest BCUT2D eigenvalue weighted by Gasteiger charge is -2.15. The van der Waals surface area contributed by atoms with Crippen molar-refractivity contribution in [3.63, 3.8) is 0 Å². The lowest BCUT2D eigenvalue weighted by Crippen LogP contribution is -2.20. The number of halogens is 3. The van der Waals surface area contributed by atoms with E-state index < -0.39 is 29.7 Å². The Balaban J connectivity index is 3.17. The minimum absolute atomic E-state index is 0.00910. The number of benzene rings is 1. The van der Waals surface area contributed by atoms with Crippen LogP contribution < -0.4 is 10.5 Å². The van der Waals surface area contributed by atoms with Crippen LogP contribution in [0, 0.1) is 0 Å². The van der Waals surface area contributed by atoms with Crippen molar-refractivity contribution in [2.24, 2.45) is 0 Å². The second-order valence-electron chi connectivity index (χ2n) is 3.09. The Labute approximate surface area is 93.2 Å². The van der Waals surface area contributed by atoms with Gasteiger partial charge < -0.3 is 20.7 Å². The van der Waals surface area contributed by atoms with Gasteiger partial charge in [0.05, 0.1) is 0 Å². The summed E-state index contributed by atoms with van der Waals surface area (Å²) in [6, 6.07) is 2.84. The predicted octanol–water partition coefficient (Wildman–Crippen LogP) is 1.29. The number of alkyl halides is 3. The smallest absolute Gasteiger partial charge is 0.479 e. The molecular formula is C9H8F3NO4. The molecule has 0 aromatic heterocycles. The van der Waals surface area contributed by atoms with Crippen LogP contribution in [0.1, 0.15) is 11.7 Å². The normalized spacial score (nSPS) is 13.2. The third-order valence-corrected chi connectivity index (χ3v) is 1.79. The van der Waals surface area contributed by atoms with Crippen molar-refractivity contribution in [1.82, 2.24) is 0 Å². The summed E-state index contributed by atoms with van der Waals surface area (Å²) in [5.41, 5.74) is 4.74. The monoisotopic (exact) mass is 251 g/mol. The highest BCUT2D eigenvalue weighted by Crippen LogP contribution is 2.32. The van der Waals surface area contributed by atoms with Gasteiger partial charge in [-0.15, -0.1) is 13.2 Å². The zero-order chi connectivity index (χ0) is 13.2. The average molecular weight is 251 g/mol. The van der Waals surface area contributed by atoms with Crippen LogP contribution in [0.4, 0.5) is 18.9 Å². The standard InChI is InChI=1S/C9H8F3NO4/c10-9(11,12)17-6-2-1-4(13)3-5(6)7(14)8(15)16/h1-3,7,14H,13H2,(H,15,16). The first-order valence-electron chi connectivity index (χ1n) is 4.27. The second kappa shape index (κ2) is 4.50. The number of hydrogen-bond acceptors (Lipinski definition) is 4. The van der Waals surface area contributed by atoms with Crippen LogP contribution in [0.25, 0.3) is 0 Å². The lowest BCUT2D eigenvalue weighted by atomic mass is 10.1. The SMILES string of the molecule is Nc1ccc(OC(F)(F)F)c(C(O)C(=O)O)c1. The zero-order valence-corrected chi connectivity index (χ0v) is 8.23. The number of carbonyl (C=O) groups is 1. The van der Waals surface area contributed by atoms with Crippen LogP contribution >= 0.6 is 0 Å². The first-order valence-corrected chi connectivity index (χ1v) is 4.27. The number of rotatable bonds is 3. The highest BCUT2D eigenvalue weighted by Gasteiger charge is 2.33. The molecule has 0 radical (unpaired) electrons. The molecule has 0 bridgehead atoms. The molecule has 0 amide bonds. The van der Waals surface area contributed by atoms with Gasteiger partial charge in [0.15, 0.2) is 6.10 Å². The maximum Gasteiger partial charge on any atom is 0.573 e. The van der Waals surface area contributed by atoms with Crippen molar-refractivity contribution in [2.45, 2.75) is 12.5 Å². The number of anilines is 1. The molecule has 0 spiro atoms. The number of nitrogen functional groups attached to an aromatic ring is 1. The van der Waals surface area contributed by atoms with Crippen LogP contribution in [0.2, 0.25) is 0 Å². The molecule has 1 rings (SSSR count). The molecule has 1 atom stereocenters. The highest BCUT2D eigenvalue weighted by molar-refractivity contribution is 5.75. The summed E-state index contributed by atoms with van der Waals surface area (Å²) in [5.74, 6) is -2.51. The number of hydrogen-bond donors (Lipinski definition) is 3. The Kier molecular flexibility index (Phi) is 3.47. The Morgan fingerprint density at radius 1 is 1.41 bits per heavy atom. The van der Waals surface area contributed by atoms with E-state index in [0.29, 0.717) is 0 Å². The molecule has 0 fully saturated rings. The van der Waals surface area contributed by atoms with Crippen molar-refractivity contribution in [3.05, 3.63) is 23.8 Å². The van der Waals surface area contributed by atoms with Gasteiger partial charge in [-0.25, -0.2) is 4.79 Å². The molecule has 8 heteroatoms. The van der Waals surface area contributed by atoms with E-state index in [-0.39, 0.29) is 5.69 Å². The molecule has 1 aromatic carbocycles. The van der Waals surface area contributed by atoms with Gasteiger partial charge in [-0.2, -0.15) is 0 Å². The Morgan fingerprint density at radius 3 is 2.47 bits per heavy atom. The van der Waals surface area contributed by atoms with E-state index in [1.54, 1.807) is 0 Å². The number of aliphatic hydroxyl groups is 1. The zero-order valence-electron chi connectivity index (χ0n) is 8.23. The topological polar surface area (TPSA) is 92.8 Å². The summed E-state index contributed by atoms with van der Waals surface area (Å²) >= 11 is 0. The first kappa shape index (κ1) is 13.1. The summed E-state index contributed by atoms with van der Waals surface area (Å²) in [5, 5.41) is 17.7. The molecule has 94 valence electrons. The number of nitrogens with two attached hydrogens (primary N) is 1. The van der Waals surface area contributed by atoms with Crippen LogP contribution in [-0.4, -0.2) is 22.5 Å². The summed E-state index contributed by atoms with van der Waals surface area (Å²) < 4.78 is 39.6. The molecule has 0 aliphatic carbocycles. The molecule has 1 unspecified atom stereocenters. The van der Waals surface area contributed by atoms with Gasteiger partial charge in [0.25, 0.3) is 0 Å². The molecule has 4 N–H and O–H groups in total. The van der Waals surface area contributed by atoms with Gasteiger partial charge in [0, 0.05) is 11.3 Å². The number of aliphatic hydroxyl groups excluding tert-OH is 1. The van der Waals surface area contributed by atoms with Crippen molar-refractivity contribution in [1.29, 1.82) is 0 Å². The van der Waals surface area contributed by atoms with E-state index >= 15 is 0 Å². The van der Waals surface area contributed by atoms with Crippen LogP contribution in [0.3, 0.4) is 0 Å². The molecular weight excluding hydrogens is 243 g/mol. The van der Waals surface area contributed by atoms with E-state index in [2.05, 4.69) is 4.74 Å². The third-order valence-electron chi connectivity index (χ3n) is 1.79. The maximum atomic E-state index is 12.0. The van der Waals surface area contributed by atoms with Gasteiger partial charge in [0.1, 0.15) is 5.75 Å². The quantitative estimate of drug-likeness (QED) is 0.704. The molecule has 5 nitrogen and oxygen atoms in total. The average Bonchev–Trinajstić information content (AvgIpc) is 2.17. The van der Waals surface area contributed by atoms with Crippen LogP contribution in [-0.2, 0) is 4.79 Å². The fraction of sp³-hybridized carbons (Fsp3) is 0.222. The van der Waals surface area contributed by atoms with E-state index in [0.717, 1.165) is 18.2 Å². The molecule has 0 aliphatic heterocycles. The van der Waals surface area contributed by atoms with Gasteiger partial charge >= 0.3 is 12.3 Å². The molecule has 0 heterocycles. The minimum Gasteiger partial charge on any atom is -0.479 e. The Bertz CT molecular complexity index is 433. The summed E-state index contributed by atoms with van der Waals surface area (Å²) in [6.45, 7) is 0. The van der Waals surface area contributed by atoms with Crippen molar-refractivity contribution < 1.29 is 32.9 Å². The number of aliphatic carboxylic acids is 1. The maximum absolute atomic E-state index is 12.0. The molecule has 0 saturated heterocycles. The molecule has 17 heavy (non-hydrogen) atoms. The summed E-state index contributed by atoms with van der Waals surface area (Å²) in [7, 11) is 0. The van der Waals surface area contributed by atoms with Gasteiger partial charge in [0.2, 0.25) is 0 Å². The second-order valence-corrected chi connectivity index (χ2v) is 3.09. The Hall–Kier alpha value is -1.96. The van der Waals surface area contributed by atoms with E-state index in [4.69, 9.17) is 10.8 Å². The third kappa shape index (κ3) is 3.52. The predicted molar refractivity (Wildman–Crippen MR) is 50.1 cm³/mol.